The van der Waals surface area contributed by atoms with Gasteiger partial charge in [-0.2, -0.15) is 5.10 Å². The van der Waals surface area contributed by atoms with Crippen LogP contribution in [0.5, 0.6) is 0 Å². The molecule has 2 aromatic heterocycles. The van der Waals surface area contributed by atoms with E-state index >= 15 is 0 Å². The average Bonchev–Trinajstić information content (AvgIpc) is 3.35. The maximum atomic E-state index is 6.16. The number of imidazole rings is 1. The third-order valence-electron chi connectivity index (χ3n) is 6.13. The van der Waals surface area contributed by atoms with Crippen molar-refractivity contribution in [3.8, 4) is 0 Å². The number of nitrogens with zero attached hydrogens (tertiary/aromatic N) is 3. The van der Waals surface area contributed by atoms with E-state index in [4.69, 9.17) is 4.74 Å². The van der Waals surface area contributed by atoms with Gasteiger partial charge in [-0.25, -0.2) is 4.98 Å². The summed E-state index contributed by atoms with van der Waals surface area (Å²) >= 11 is 0. The molecule has 0 bridgehead atoms. The number of nitrogens with one attached hydrogen (secondary N) is 2. The molecule has 1 unspecified atom stereocenters. The first-order valence-electron chi connectivity index (χ1n) is 10.1. The van der Waals surface area contributed by atoms with Crippen LogP contribution in [0.25, 0.3) is 0 Å². The minimum Gasteiger partial charge on any atom is -0.372 e. The highest BCUT2D eigenvalue weighted by Crippen LogP contribution is 2.36. The van der Waals surface area contributed by atoms with Gasteiger partial charge in [0, 0.05) is 44.7 Å². The van der Waals surface area contributed by atoms with Crippen LogP contribution in [-0.2, 0) is 11.8 Å². The summed E-state index contributed by atoms with van der Waals surface area (Å²) in [7, 11) is 2.01. The summed E-state index contributed by atoms with van der Waals surface area (Å²) in [6.45, 7) is 1.80. The summed E-state index contributed by atoms with van der Waals surface area (Å²) in [5.41, 5.74) is 1.18. The molecule has 26 heavy (non-hydrogen) atoms. The SMILES string of the molecule is Cn1nccc1[C@@H]1OCCC[C@H]1CNC(c1ncc[nH]1)C1CCCCC1. The number of aromatic nitrogens is 4. The summed E-state index contributed by atoms with van der Waals surface area (Å²) < 4.78 is 8.11. The van der Waals surface area contributed by atoms with E-state index < -0.39 is 0 Å². The van der Waals surface area contributed by atoms with Crippen LogP contribution in [0.15, 0.2) is 24.7 Å². The van der Waals surface area contributed by atoms with Crippen LogP contribution in [0, 0.1) is 11.8 Å². The average molecular weight is 358 g/mol. The van der Waals surface area contributed by atoms with Gasteiger partial charge in [0.2, 0.25) is 0 Å². The number of ether oxygens (including phenoxy) is 1. The lowest BCUT2D eigenvalue weighted by Crippen LogP contribution is -2.38. The Kier molecular flexibility index (Phi) is 5.70. The molecule has 1 saturated heterocycles. The Hall–Kier alpha value is -1.66. The van der Waals surface area contributed by atoms with E-state index in [1.54, 1.807) is 0 Å². The monoisotopic (exact) mass is 357 g/mol. The van der Waals surface area contributed by atoms with Gasteiger partial charge in [-0.15, -0.1) is 0 Å². The summed E-state index contributed by atoms with van der Waals surface area (Å²) in [4.78, 5) is 7.93. The van der Waals surface area contributed by atoms with Crippen molar-refractivity contribution in [3.05, 3.63) is 36.2 Å². The quantitative estimate of drug-likeness (QED) is 0.830. The van der Waals surface area contributed by atoms with Gasteiger partial charge >= 0.3 is 0 Å². The third kappa shape index (κ3) is 3.86. The molecule has 0 aromatic carbocycles. The van der Waals surface area contributed by atoms with E-state index in [0.29, 0.717) is 17.9 Å². The first-order chi connectivity index (χ1) is 12.8. The molecule has 2 N–H and O–H groups in total. The number of hydrogen-bond donors (Lipinski definition) is 2. The maximum absolute atomic E-state index is 6.16. The van der Waals surface area contributed by atoms with Gasteiger partial charge in [0.25, 0.3) is 0 Å². The van der Waals surface area contributed by atoms with Crippen molar-refractivity contribution < 1.29 is 4.74 Å². The molecule has 3 atom stereocenters. The van der Waals surface area contributed by atoms with Gasteiger partial charge in [0.05, 0.1) is 11.7 Å². The predicted octanol–water partition coefficient (Wildman–Crippen LogP) is 3.52. The van der Waals surface area contributed by atoms with Crippen LogP contribution in [-0.4, -0.2) is 32.9 Å². The molecule has 1 saturated carbocycles. The molecule has 1 aliphatic carbocycles. The number of hydrogen-bond acceptors (Lipinski definition) is 4. The Morgan fingerprint density at radius 2 is 2.12 bits per heavy atom. The van der Waals surface area contributed by atoms with E-state index in [2.05, 4.69) is 26.4 Å². The molecule has 6 heteroatoms. The Bertz CT molecular complexity index is 662. The lowest BCUT2D eigenvalue weighted by molar-refractivity contribution is -0.0337. The first-order valence-corrected chi connectivity index (χ1v) is 10.1. The zero-order chi connectivity index (χ0) is 17.8. The molecule has 0 spiro atoms. The second kappa shape index (κ2) is 8.35. The van der Waals surface area contributed by atoms with Crippen LogP contribution in [0.1, 0.15) is 68.6 Å². The summed E-state index contributed by atoms with van der Waals surface area (Å²) in [6, 6.07) is 2.41. The fraction of sp³-hybridized carbons (Fsp3) is 0.700. The molecular weight excluding hydrogens is 326 g/mol. The van der Waals surface area contributed by atoms with Gasteiger partial charge in [-0.3, -0.25) is 4.68 Å². The fourth-order valence-corrected chi connectivity index (χ4v) is 4.72. The summed E-state index contributed by atoms with van der Waals surface area (Å²) in [6.07, 6.45) is 14.8. The van der Waals surface area contributed by atoms with E-state index in [1.165, 1.54) is 44.2 Å². The molecule has 2 aliphatic rings. The van der Waals surface area contributed by atoms with Crippen molar-refractivity contribution in [1.82, 2.24) is 25.1 Å². The largest absolute Gasteiger partial charge is 0.372 e. The number of aromatic amines is 1. The Morgan fingerprint density at radius 3 is 2.85 bits per heavy atom. The Labute approximate surface area is 155 Å². The van der Waals surface area contributed by atoms with Gasteiger partial charge in [-0.1, -0.05) is 19.3 Å². The standard InChI is InChI=1S/C20H31N5O/c1-25-17(9-10-24-25)19-16(8-5-13-26-19)14-23-18(20-21-11-12-22-20)15-6-3-2-4-7-15/h9-12,15-16,18-19,23H,2-8,13-14H2,1H3,(H,21,22)/t16-,18?,19+/m0/s1. The molecule has 2 fully saturated rings. The zero-order valence-electron chi connectivity index (χ0n) is 15.7. The van der Waals surface area contributed by atoms with Crippen molar-refractivity contribution in [1.29, 1.82) is 0 Å². The second-order valence-corrected chi connectivity index (χ2v) is 7.83. The highest BCUT2D eigenvalue weighted by molar-refractivity contribution is 5.08. The molecule has 3 heterocycles. The van der Waals surface area contributed by atoms with Gasteiger partial charge in [0.1, 0.15) is 11.9 Å². The molecule has 0 radical (unpaired) electrons. The number of rotatable bonds is 6. The van der Waals surface area contributed by atoms with Crippen LogP contribution in [0.2, 0.25) is 0 Å². The summed E-state index contributed by atoms with van der Waals surface area (Å²) in [5.74, 6) is 2.24. The first kappa shape index (κ1) is 17.7. The van der Waals surface area contributed by atoms with Crippen LogP contribution in [0.4, 0.5) is 0 Å². The second-order valence-electron chi connectivity index (χ2n) is 7.83. The van der Waals surface area contributed by atoms with E-state index in [0.717, 1.165) is 25.4 Å². The smallest absolute Gasteiger partial charge is 0.123 e. The zero-order valence-corrected chi connectivity index (χ0v) is 15.7. The topological polar surface area (TPSA) is 67.8 Å². The number of H-pyrrole nitrogens is 1. The van der Waals surface area contributed by atoms with Crippen LogP contribution < -0.4 is 5.32 Å². The van der Waals surface area contributed by atoms with Crippen LogP contribution >= 0.6 is 0 Å². The highest BCUT2D eigenvalue weighted by atomic mass is 16.5. The van der Waals surface area contributed by atoms with Crippen molar-refractivity contribution in [2.24, 2.45) is 18.9 Å². The molecule has 4 rings (SSSR count). The van der Waals surface area contributed by atoms with Crippen molar-refractivity contribution in [2.75, 3.05) is 13.2 Å². The van der Waals surface area contributed by atoms with E-state index in [1.807, 2.05) is 30.3 Å². The molecule has 142 valence electrons. The van der Waals surface area contributed by atoms with Crippen molar-refractivity contribution >= 4 is 0 Å². The minimum absolute atomic E-state index is 0.132. The van der Waals surface area contributed by atoms with Crippen molar-refractivity contribution in [3.63, 3.8) is 0 Å². The molecule has 2 aromatic rings. The van der Waals surface area contributed by atoms with Crippen molar-refractivity contribution in [2.45, 2.75) is 57.1 Å². The fourth-order valence-electron chi connectivity index (χ4n) is 4.72. The Balaban J connectivity index is 1.46. The predicted molar refractivity (Wildman–Crippen MR) is 101 cm³/mol. The lowest BCUT2D eigenvalue weighted by Gasteiger charge is -2.35. The molecular formula is C20H31N5O. The maximum Gasteiger partial charge on any atom is 0.123 e. The van der Waals surface area contributed by atoms with E-state index in [9.17, 15) is 0 Å². The van der Waals surface area contributed by atoms with Gasteiger partial charge < -0.3 is 15.0 Å². The normalized spacial score (nSPS) is 26.0. The van der Waals surface area contributed by atoms with Gasteiger partial charge in [0.15, 0.2) is 0 Å². The minimum atomic E-state index is 0.132. The van der Waals surface area contributed by atoms with Gasteiger partial charge in [-0.05, 0) is 37.7 Å². The van der Waals surface area contributed by atoms with Crippen LogP contribution in [0.3, 0.4) is 0 Å². The number of aryl methyl sites for hydroxylation is 1. The molecule has 0 amide bonds. The van der Waals surface area contributed by atoms with E-state index in [-0.39, 0.29) is 6.10 Å². The molecule has 1 aliphatic heterocycles. The highest BCUT2D eigenvalue weighted by Gasteiger charge is 2.32. The Morgan fingerprint density at radius 1 is 1.23 bits per heavy atom. The molecule has 6 nitrogen and oxygen atoms in total. The third-order valence-corrected chi connectivity index (χ3v) is 6.13. The summed E-state index contributed by atoms with van der Waals surface area (Å²) in [5, 5.41) is 8.21. The lowest BCUT2D eigenvalue weighted by atomic mass is 9.83.